The summed E-state index contributed by atoms with van der Waals surface area (Å²) in [5.74, 6) is -0.371. The van der Waals surface area contributed by atoms with Crippen LogP contribution in [0.15, 0.2) is 18.2 Å². The van der Waals surface area contributed by atoms with Gasteiger partial charge in [0.2, 0.25) is 0 Å². The number of nitrogens with zero attached hydrogens (tertiary/aromatic N) is 1. The average molecular weight is 264 g/mol. The number of ether oxygens (including phenoxy) is 1. The molecule has 1 unspecified atom stereocenters. The van der Waals surface area contributed by atoms with Gasteiger partial charge in [0.15, 0.2) is 0 Å². The summed E-state index contributed by atoms with van der Waals surface area (Å²) < 4.78 is 4.81. The Balaban J connectivity index is 2.95. The minimum atomic E-state index is -0.371. The maximum Gasteiger partial charge on any atom is 0.340 e. The van der Waals surface area contributed by atoms with Crippen LogP contribution in [0.2, 0.25) is 0 Å². The minimum absolute atomic E-state index is 0.371. The normalized spacial score (nSPS) is 12.5. The fourth-order valence-electron chi connectivity index (χ4n) is 2.17. The Kier molecular flexibility index (Phi) is 5.83. The molecule has 0 saturated heterocycles. The van der Waals surface area contributed by atoms with Gasteiger partial charge < -0.3 is 10.5 Å². The van der Waals surface area contributed by atoms with Gasteiger partial charge in [0.05, 0.1) is 12.7 Å². The van der Waals surface area contributed by atoms with Gasteiger partial charge in [-0.1, -0.05) is 25.5 Å². The van der Waals surface area contributed by atoms with Crippen LogP contribution < -0.4 is 5.73 Å². The number of hydrogen-bond acceptors (Lipinski definition) is 4. The first-order chi connectivity index (χ1) is 9.01. The number of esters is 1. The highest BCUT2D eigenvalue weighted by Crippen LogP contribution is 2.20. The van der Waals surface area contributed by atoms with Crippen molar-refractivity contribution in [3.63, 3.8) is 0 Å². The molecule has 19 heavy (non-hydrogen) atoms. The maximum absolute atomic E-state index is 11.8. The van der Waals surface area contributed by atoms with Crippen molar-refractivity contribution in [3.8, 4) is 0 Å². The van der Waals surface area contributed by atoms with E-state index in [2.05, 4.69) is 25.8 Å². The van der Waals surface area contributed by atoms with Crippen LogP contribution in [0.25, 0.3) is 0 Å². The van der Waals surface area contributed by atoms with Crippen molar-refractivity contribution in [2.24, 2.45) is 0 Å². The molecule has 0 aliphatic heterocycles. The zero-order valence-corrected chi connectivity index (χ0v) is 12.3. The van der Waals surface area contributed by atoms with Crippen LogP contribution >= 0.6 is 0 Å². The van der Waals surface area contributed by atoms with Crippen molar-refractivity contribution in [1.29, 1.82) is 0 Å². The Morgan fingerprint density at radius 3 is 2.74 bits per heavy atom. The van der Waals surface area contributed by atoms with Crippen molar-refractivity contribution in [1.82, 2.24) is 4.90 Å². The van der Waals surface area contributed by atoms with E-state index in [0.717, 1.165) is 18.4 Å². The van der Waals surface area contributed by atoms with Crippen LogP contribution in [0.1, 0.15) is 42.6 Å². The molecule has 0 bridgehead atoms. The lowest BCUT2D eigenvalue weighted by Crippen LogP contribution is -2.29. The Labute approximate surface area is 115 Å². The monoisotopic (exact) mass is 264 g/mol. The largest absolute Gasteiger partial charge is 0.465 e. The summed E-state index contributed by atoms with van der Waals surface area (Å²) in [6.07, 6.45) is 2.28. The maximum atomic E-state index is 11.8. The number of hydrogen-bond donors (Lipinski definition) is 1. The summed E-state index contributed by atoms with van der Waals surface area (Å²) in [4.78, 5) is 14.0. The second-order valence-corrected chi connectivity index (χ2v) is 4.93. The van der Waals surface area contributed by atoms with E-state index >= 15 is 0 Å². The first-order valence-corrected chi connectivity index (χ1v) is 6.67. The summed E-state index contributed by atoms with van der Waals surface area (Å²) in [6.45, 7) is 5.05. The van der Waals surface area contributed by atoms with Gasteiger partial charge >= 0.3 is 5.97 Å². The van der Waals surface area contributed by atoms with Crippen molar-refractivity contribution in [2.75, 3.05) is 19.9 Å². The number of nitrogens with two attached hydrogens (primary N) is 1. The summed E-state index contributed by atoms with van der Waals surface area (Å²) >= 11 is 0. The fourth-order valence-corrected chi connectivity index (χ4v) is 2.17. The van der Waals surface area contributed by atoms with Crippen molar-refractivity contribution in [2.45, 2.75) is 39.3 Å². The average Bonchev–Trinajstić information content (AvgIpc) is 2.38. The van der Waals surface area contributed by atoms with Crippen LogP contribution in [0.5, 0.6) is 0 Å². The third kappa shape index (κ3) is 3.96. The second-order valence-electron chi connectivity index (χ2n) is 4.93. The van der Waals surface area contributed by atoms with Crippen molar-refractivity contribution >= 4 is 11.7 Å². The lowest BCUT2D eigenvalue weighted by Gasteiger charge is -2.25. The molecular formula is C15H24N2O2. The molecule has 0 aliphatic carbocycles. The lowest BCUT2D eigenvalue weighted by molar-refractivity contribution is 0.0599. The minimum Gasteiger partial charge on any atom is -0.465 e. The lowest BCUT2D eigenvalue weighted by atomic mass is 10.0. The molecular weight excluding hydrogens is 240 g/mol. The van der Waals surface area contributed by atoms with Gasteiger partial charge in [-0.05, 0) is 32.0 Å². The first kappa shape index (κ1) is 15.5. The fraction of sp³-hybridized carbons (Fsp3) is 0.533. The topological polar surface area (TPSA) is 55.6 Å². The molecule has 0 radical (unpaired) electrons. The number of rotatable bonds is 6. The molecule has 1 rings (SSSR count). The molecule has 1 aromatic rings. The van der Waals surface area contributed by atoms with Gasteiger partial charge in [-0.25, -0.2) is 4.79 Å². The first-order valence-electron chi connectivity index (χ1n) is 6.67. The van der Waals surface area contributed by atoms with Gasteiger partial charge in [0, 0.05) is 18.3 Å². The van der Waals surface area contributed by atoms with Gasteiger partial charge in [0.1, 0.15) is 0 Å². The molecule has 0 amide bonds. The molecule has 0 saturated carbocycles. The van der Waals surface area contributed by atoms with E-state index in [4.69, 9.17) is 10.5 Å². The number of carbonyl (C=O) groups excluding carboxylic acids is 1. The standard InChI is InChI=1S/C15H24N2O2/c1-5-7-11(2)17(3)10-12-8-6-9-13(16)14(12)15(18)19-4/h6,8-9,11H,5,7,10,16H2,1-4H3. The molecule has 0 heterocycles. The van der Waals surface area contributed by atoms with Crippen LogP contribution in [0, 0.1) is 0 Å². The number of benzene rings is 1. The number of methoxy groups -OCH3 is 1. The van der Waals surface area contributed by atoms with Gasteiger partial charge in [-0.3, -0.25) is 4.90 Å². The third-order valence-electron chi connectivity index (χ3n) is 3.45. The number of nitrogen functional groups attached to an aromatic ring is 1. The van der Waals surface area contributed by atoms with Crippen LogP contribution in [-0.4, -0.2) is 31.1 Å². The summed E-state index contributed by atoms with van der Waals surface area (Å²) in [5.41, 5.74) is 7.76. The molecule has 4 nitrogen and oxygen atoms in total. The van der Waals surface area contributed by atoms with Crippen molar-refractivity contribution < 1.29 is 9.53 Å². The van der Waals surface area contributed by atoms with E-state index in [-0.39, 0.29) is 5.97 Å². The predicted octanol–water partition coefficient (Wildman–Crippen LogP) is 2.68. The highest BCUT2D eigenvalue weighted by Gasteiger charge is 2.17. The molecule has 0 fully saturated rings. The molecule has 4 heteroatoms. The molecule has 0 aliphatic rings. The number of anilines is 1. The van der Waals surface area contributed by atoms with E-state index in [1.54, 1.807) is 6.07 Å². The van der Waals surface area contributed by atoms with E-state index < -0.39 is 0 Å². The highest BCUT2D eigenvalue weighted by molar-refractivity contribution is 5.96. The van der Waals surface area contributed by atoms with Gasteiger partial charge in [0.25, 0.3) is 0 Å². The molecule has 106 valence electrons. The summed E-state index contributed by atoms with van der Waals surface area (Å²) in [5, 5.41) is 0. The van der Waals surface area contributed by atoms with Crippen molar-refractivity contribution in [3.05, 3.63) is 29.3 Å². The quantitative estimate of drug-likeness (QED) is 0.634. The Bertz CT molecular complexity index is 432. The summed E-state index contributed by atoms with van der Waals surface area (Å²) in [6, 6.07) is 6.00. The zero-order valence-electron chi connectivity index (χ0n) is 12.3. The Morgan fingerprint density at radius 1 is 1.47 bits per heavy atom. The highest BCUT2D eigenvalue weighted by atomic mass is 16.5. The molecule has 2 N–H and O–H groups in total. The summed E-state index contributed by atoms with van der Waals surface area (Å²) in [7, 11) is 3.44. The van der Waals surface area contributed by atoms with E-state index in [1.807, 2.05) is 12.1 Å². The van der Waals surface area contributed by atoms with Gasteiger partial charge in [-0.15, -0.1) is 0 Å². The molecule has 1 aromatic carbocycles. The Morgan fingerprint density at radius 2 is 2.16 bits per heavy atom. The van der Waals surface area contributed by atoms with Crippen LogP contribution in [0.4, 0.5) is 5.69 Å². The second kappa shape index (κ2) is 7.14. The third-order valence-corrected chi connectivity index (χ3v) is 3.45. The van der Waals surface area contributed by atoms with E-state index in [9.17, 15) is 4.79 Å². The van der Waals surface area contributed by atoms with Crippen LogP contribution in [0.3, 0.4) is 0 Å². The molecule has 0 spiro atoms. The molecule has 0 aromatic heterocycles. The van der Waals surface area contributed by atoms with E-state index in [1.165, 1.54) is 7.11 Å². The molecule has 1 atom stereocenters. The Hall–Kier alpha value is -1.55. The number of carbonyl (C=O) groups is 1. The zero-order chi connectivity index (χ0) is 14.4. The predicted molar refractivity (Wildman–Crippen MR) is 78.0 cm³/mol. The smallest absolute Gasteiger partial charge is 0.340 e. The van der Waals surface area contributed by atoms with Gasteiger partial charge in [-0.2, -0.15) is 0 Å². The SMILES string of the molecule is CCCC(C)N(C)Cc1cccc(N)c1C(=O)OC. The van der Waals surface area contributed by atoms with Crippen LogP contribution in [-0.2, 0) is 11.3 Å². The van der Waals surface area contributed by atoms with E-state index in [0.29, 0.717) is 23.8 Å².